The van der Waals surface area contributed by atoms with E-state index in [0.717, 1.165) is 18.4 Å². The van der Waals surface area contributed by atoms with E-state index in [1.54, 1.807) is 12.0 Å². The third-order valence-electron chi connectivity index (χ3n) is 4.31. The zero-order chi connectivity index (χ0) is 20.7. The average Bonchev–Trinajstić information content (AvgIpc) is 2.67. The molecule has 2 rings (SSSR count). The van der Waals surface area contributed by atoms with Gasteiger partial charge < -0.3 is 20.7 Å². The Morgan fingerprint density at radius 2 is 2.04 bits per heavy atom. The highest BCUT2D eigenvalue weighted by molar-refractivity contribution is 7.80. The van der Waals surface area contributed by atoms with Crippen LogP contribution in [0.3, 0.4) is 0 Å². The van der Waals surface area contributed by atoms with Gasteiger partial charge in [-0.2, -0.15) is 0 Å². The van der Waals surface area contributed by atoms with Gasteiger partial charge in [0.15, 0.2) is 10.8 Å². The molecular formula is C19H27N5O3S. The number of nitrogens with one attached hydrogen (secondary N) is 2. The van der Waals surface area contributed by atoms with Crippen LogP contribution in [0.2, 0.25) is 0 Å². The second-order valence-electron chi connectivity index (χ2n) is 6.23. The van der Waals surface area contributed by atoms with Crippen molar-refractivity contribution in [3.8, 4) is 5.75 Å². The van der Waals surface area contributed by atoms with Crippen LogP contribution in [0, 0.1) is 0 Å². The molecule has 0 radical (unpaired) electrons. The SMILES string of the molecule is CCCCn1c(N)c(N(Cc2ccccc2OC)C(=S)NCC)c(=O)[nH]c1=O. The summed E-state index contributed by atoms with van der Waals surface area (Å²) in [6.45, 7) is 5.18. The number of aromatic nitrogens is 2. The molecule has 1 heterocycles. The summed E-state index contributed by atoms with van der Waals surface area (Å²) in [7, 11) is 1.58. The van der Waals surface area contributed by atoms with Crippen LogP contribution in [0.25, 0.3) is 0 Å². The molecule has 8 nitrogen and oxygen atoms in total. The second-order valence-corrected chi connectivity index (χ2v) is 6.62. The molecule has 0 atom stereocenters. The van der Waals surface area contributed by atoms with E-state index in [4.69, 9.17) is 22.7 Å². The van der Waals surface area contributed by atoms with E-state index >= 15 is 0 Å². The molecule has 28 heavy (non-hydrogen) atoms. The molecule has 0 aliphatic rings. The third kappa shape index (κ3) is 4.72. The predicted molar refractivity (Wildman–Crippen MR) is 116 cm³/mol. The van der Waals surface area contributed by atoms with Crippen LogP contribution in [-0.4, -0.2) is 28.3 Å². The number of aromatic amines is 1. The molecule has 2 aromatic rings. The summed E-state index contributed by atoms with van der Waals surface area (Å²) < 4.78 is 6.79. The first-order valence-electron chi connectivity index (χ1n) is 9.24. The number of benzene rings is 1. The lowest BCUT2D eigenvalue weighted by Crippen LogP contribution is -2.45. The maximum Gasteiger partial charge on any atom is 0.330 e. The fourth-order valence-corrected chi connectivity index (χ4v) is 3.18. The number of H-pyrrole nitrogens is 1. The fraction of sp³-hybridized carbons (Fsp3) is 0.421. The van der Waals surface area contributed by atoms with Gasteiger partial charge in [0, 0.05) is 18.7 Å². The van der Waals surface area contributed by atoms with Gasteiger partial charge >= 0.3 is 5.69 Å². The number of nitrogens with zero attached hydrogens (tertiary/aromatic N) is 2. The Bertz CT molecular complexity index is 938. The lowest BCUT2D eigenvalue weighted by atomic mass is 10.2. The number of unbranched alkanes of at least 4 members (excludes halogenated alkanes) is 1. The first-order valence-corrected chi connectivity index (χ1v) is 9.65. The van der Waals surface area contributed by atoms with Crippen LogP contribution in [0.1, 0.15) is 32.3 Å². The summed E-state index contributed by atoms with van der Waals surface area (Å²) >= 11 is 5.50. The number of para-hydroxylation sites is 1. The Morgan fingerprint density at radius 1 is 1.32 bits per heavy atom. The molecule has 1 aromatic heterocycles. The number of rotatable bonds is 8. The molecule has 0 amide bonds. The standard InChI is InChI=1S/C19H27N5O3S/c1-4-6-11-23-16(20)15(17(25)22-18(23)26)24(19(28)21-5-2)12-13-9-7-8-10-14(13)27-3/h7-10H,4-6,11-12,20H2,1-3H3,(H,21,28)(H,22,25,26). The molecule has 0 saturated carbocycles. The monoisotopic (exact) mass is 405 g/mol. The summed E-state index contributed by atoms with van der Waals surface area (Å²) in [6, 6.07) is 7.46. The molecule has 152 valence electrons. The molecule has 4 N–H and O–H groups in total. The van der Waals surface area contributed by atoms with Crippen LogP contribution in [-0.2, 0) is 13.1 Å². The Hall–Kier alpha value is -2.81. The number of hydrogen-bond donors (Lipinski definition) is 3. The largest absolute Gasteiger partial charge is 0.496 e. The van der Waals surface area contributed by atoms with Gasteiger partial charge in [0.25, 0.3) is 5.56 Å². The quantitative estimate of drug-likeness (QED) is 0.575. The molecule has 0 saturated heterocycles. The molecule has 1 aromatic carbocycles. The number of nitrogens with two attached hydrogens (primary N) is 1. The summed E-state index contributed by atoms with van der Waals surface area (Å²) in [4.78, 5) is 28.9. The molecule has 0 fully saturated rings. The predicted octanol–water partition coefficient (Wildman–Crippen LogP) is 1.83. The Kier molecular flexibility index (Phi) is 7.62. The normalized spacial score (nSPS) is 10.5. The van der Waals surface area contributed by atoms with E-state index in [0.29, 0.717) is 24.0 Å². The van der Waals surface area contributed by atoms with E-state index in [-0.39, 0.29) is 18.1 Å². The van der Waals surface area contributed by atoms with Crippen molar-refractivity contribution < 1.29 is 4.74 Å². The van der Waals surface area contributed by atoms with Gasteiger partial charge in [-0.3, -0.25) is 14.3 Å². The molecule has 0 aliphatic heterocycles. The lowest BCUT2D eigenvalue weighted by molar-refractivity contribution is 0.410. The van der Waals surface area contributed by atoms with E-state index in [9.17, 15) is 9.59 Å². The lowest BCUT2D eigenvalue weighted by Gasteiger charge is -2.27. The molecule has 0 unspecified atom stereocenters. The third-order valence-corrected chi connectivity index (χ3v) is 4.68. The first kappa shape index (κ1) is 21.5. The number of ether oxygens (including phenoxy) is 1. The van der Waals surface area contributed by atoms with E-state index in [2.05, 4.69) is 10.3 Å². The molecule has 9 heteroatoms. The summed E-state index contributed by atoms with van der Waals surface area (Å²) in [5, 5.41) is 3.39. The van der Waals surface area contributed by atoms with Gasteiger partial charge in [0.2, 0.25) is 0 Å². The fourth-order valence-electron chi connectivity index (χ4n) is 2.88. The maximum atomic E-state index is 12.7. The van der Waals surface area contributed by atoms with Gasteiger partial charge in [-0.1, -0.05) is 31.5 Å². The zero-order valence-corrected chi connectivity index (χ0v) is 17.3. The molecule has 0 bridgehead atoms. The zero-order valence-electron chi connectivity index (χ0n) is 16.4. The minimum Gasteiger partial charge on any atom is -0.496 e. The number of methoxy groups -OCH3 is 1. The topological polar surface area (TPSA) is 105 Å². The van der Waals surface area contributed by atoms with Gasteiger partial charge in [-0.05, 0) is 31.6 Å². The highest BCUT2D eigenvalue weighted by atomic mass is 32.1. The summed E-state index contributed by atoms with van der Waals surface area (Å²) in [5.74, 6) is 0.762. The van der Waals surface area contributed by atoms with Crippen molar-refractivity contribution in [1.29, 1.82) is 0 Å². The van der Waals surface area contributed by atoms with E-state index in [1.807, 2.05) is 38.1 Å². The number of thiocarbonyl (C=S) groups is 1. The molecule has 0 aliphatic carbocycles. The van der Waals surface area contributed by atoms with Crippen molar-refractivity contribution in [2.45, 2.75) is 39.8 Å². The number of nitrogen functional groups attached to an aromatic ring is 1. The van der Waals surface area contributed by atoms with Gasteiger partial charge in [0.1, 0.15) is 11.6 Å². The van der Waals surface area contributed by atoms with Gasteiger partial charge in [-0.15, -0.1) is 0 Å². The Morgan fingerprint density at radius 3 is 2.68 bits per heavy atom. The Balaban J connectivity index is 2.59. The molecule has 0 spiro atoms. The van der Waals surface area contributed by atoms with Crippen LogP contribution in [0.4, 0.5) is 11.5 Å². The number of hydrogen-bond acceptors (Lipinski definition) is 5. The van der Waals surface area contributed by atoms with Crippen molar-refractivity contribution in [3.63, 3.8) is 0 Å². The van der Waals surface area contributed by atoms with Crippen LogP contribution >= 0.6 is 12.2 Å². The smallest absolute Gasteiger partial charge is 0.330 e. The van der Waals surface area contributed by atoms with Crippen LogP contribution < -0.4 is 31.9 Å². The summed E-state index contributed by atoms with van der Waals surface area (Å²) in [6.07, 6.45) is 1.65. The minimum atomic E-state index is -0.578. The molecular weight excluding hydrogens is 378 g/mol. The van der Waals surface area contributed by atoms with Crippen molar-refractivity contribution in [2.24, 2.45) is 0 Å². The van der Waals surface area contributed by atoms with Crippen molar-refractivity contribution in [2.75, 3.05) is 24.3 Å². The maximum absolute atomic E-state index is 12.7. The average molecular weight is 406 g/mol. The van der Waals surface area contributed by atoms with Crippen molar-refractivity contribution >= 4 is 28.8 Å². The first-order chi connectivity index (χ1) is 13.4. The second kappa shape index (κ2) is 9.93. The van der Waals surface area contributed by atoms with Crippen molar-refractivity contribution in [1.82, 2.24) is 14.9 Å². The van der Waals surface area contributed by atoms with E-state index in [1.165, 1.54) is 4.57 Å². The van der Waals surface area contributed by atoms with Crippen molar-refractivity contribution in [3.05, 3.63) is 50.7 Å². The minimum absolute atomic E-state index is 0.0948. The highest BCUT2D eigenvalue weighted by Crippen LogP contribution is 2.24. The van der Waals surface area contributed by atoms with Crippen LogP contribution in [0.5, 0.6) is 5.75 Å². The van der Waals surface area contributed by atoms with Gasteiger partial charge in [0.05, 0.1) is 13.7 Å². The Labute approximate surface area is 169 Å². The number of anilines is 2. The van der Waals surface area contributed by atoms with Crippen LogP contribution in [0.15, 0.2) is 33.9 Å². The van der Waals surface area contributed by atoms with Gasteiger partial charge in [-0.25, -0.2) is 4.79 Å². The summed E-state index contributed by atoms with van der Waals surface area (Å²) in [5.41, 5.74) is 6.14. The van der Waals surface area contributed by atoms with E-state index < -0.39 is 11.2 Å². The highest BCUT2D eigenvalue weighted by Gasteiger charge is 2.23.